The number of allylic oxidation sites excluding steroid dienone is 2. The summed E-state index contributed by atoms with van der Waals surface area (Å²) in [5.41, 5.74) is -0.518. The first-order valence-corrected chi connectivity index (χ1v) is 5.18. The van der Waals surface area contributed by atoms with E-state index < -0.39 is 5.41 Å². The zero-order valence-corrected chi connectivity index (χ0v) is 9.49. The van der Waals surface area contributed by atoms with E-state index in [1.54, 1.807) is 0 Å². The van der Waals surface area contributed by atoms with Crippen LogP contribution in [-0.2, 0) is 9.53 Å². The monoisotopic (exact) mass is 207 g/mol. The molecule has 0 fully saturated rings. The highest BCUT2D eigenvalue weighted by Crippen LogP contribution is 2.38. The third kappa shape index (κ3) is 2.38. The lowest BCUT2D eigenvalue weighted by Gasteiger charge is -2.33. The zero-order chi connectivity index (χ0) is 11.5. The van der Waals surface area contributed by atoms with Gasteiger partial charge in [-0.1, -0.05) is 12.2 Å². The number of hydrogen-bond acceptors (Lipinski definition) is 3. The fourth-order valence-corrected chi connectivity index (χ4v) is 2.07. The normalized spacial score (nSPS) is 25.7. The van der Waals surface area contributed by atoms with Crippen molar-refractivity contribution in [2.24, 2.45) is 17.3 Å². The van der Waals surface area contributed by atoms with Gasteiger partial charge in [-0.25, -0.2) is 0 Å². The van der Waals surface area contributed by atoms with Crippen LogP contribution in [0, 0.1) is 28.6 Å². The predicted octanol–water partition coefficient (Wildman–Crippen LogP) is 2.29. The smallest absolute Gasteiger partial charge is 0.309 e. The minimum absolute atomic E-state index is 0.0382. The summed E-state index contributed by atoms with van der Waals surface area (Å²) in [6, 6.07) is 2.26. The third-order valence-electron chi connectivity index (χ3n) is 3.05. The Labute approximate surface area is 90.7 Å². The molecule has 0 saturated heterocycles. The number of carbonyl (C=O) groups is 1. The fraction of sp³-hybridized carbons (Fsp3) is 0.667. The average Bonchev–Trinajstić information content (AvgIpc) is 2.28. The first kappa shape index (κ1) is 11.8. The lowest BCUT2D eigenvalue weighted by molar-refractivity contribution is -0.148. The zero-order valence-electron chi connectivity index (χ0n) is 9.49. The molecule has 0 saturated carbocycles. The second-order valence-corrected chi connectivity index (χ2v) is 4.49. The van der Waals surface area contributed by atoms with Gasteiger partial charge >= 0.3 is 5.97 Å². The molecule has 15 heavy (non-hydrogen) atoms. The van der Waals surface area contributed by atoms with E-state index in [0.29, 0.717) is 0 Å². The Hall–Kier alpha value is -1.30. The lowest BCUT2D eigenvalue weighted by atomic mass is 9.69. The van der Waals surface area contributed by atoms with Crippen LogP contribution in [0.4, 0.5) is 0 Å². The standard InChI is InChI=1S/C12H17NO2/c1-12(2,8-13)10-7-5-4-6-9(10)11(14)15-3/h5,7,9-10H,4,6H2,1-3H3. The van der Waals surface area contributed by atoms with E-state index in [-0.39, 0.29) is 17.8 Å². The molecule has 0 spiro atoms. The molecular weight excluding hydrogens is 190 g/mol. The summed E-state index contributed by atoms with van der Waals surface area (Å²) in [5.74, 6) is -0.411. The molecule has 1 aliphatic carbocycles. The molecule has 0 bridgehead atoms. The van der Waals surface area contributed by atoms with Crippen LogP contribution in [0.15, 0.2) is 12.2 Å². The fourth-order valence-electron chi connectivity index (χ4n) is 2.07. The molecule has 1 rings (SSSR count). The maximum Gasteiger partial charge on any atom is 0.309 e. The Morgan fingerprint density at radius 3 is 2.80 bits per heavy atom. The van der Waals surface area contributed by atoms with Crippen LogP contribution in [0.25, 0.3) is 0 Å². The van der Waals surface area contributed by atoms with Crippen molar-refractivity contribution in [3.63, 3.8) is 0 Å². The van der Waals surface area contributed by atoms with Crippen LogP contribution in [-0.4, -0.2) is 13.1 Å². The molecule has 0 aromatic heterocycles. The van der Waals surface area contributed by atoms with E-state index >= 15 is 0 Å². The molecule has 2 unspecified atom stereocenters. The Bertz CT molecular complexity index is 312. The summed E-state index contributed by atoms with van der Waals surface area (Å²) in [6.07, 6.45) is 5.69. The SMILES string of the molecule is COC(=O)C1CCC=CC1C(C)(C)C#N. The van der Waals surface area contributed by atoms with E-state index in [2.05, 4.69) is 6.07 Å². The average molecular weight is 207 g/mol. The van der Waals surface area contributed by atoms with Gasteiger partial charge in [0.15, 0.2) is 0 Å². The second kappa shape index (κ2) is 4.48. The van der Waals surface area contributed by atoms with Crippen molar-refractivity contribution in [2.45, 2.75) is 26.7 Å². The highest BCUT2D eigenvalue weighted by atomic mass is 16.5. The summed E-state index contributed by atoms with van der Waals surface area (Å²) in [7, 11) is 1.40. The van der Waals surface area contributed by atoms with E-state index in [1.165, 1.54) is 7.11 Å². The number of methoxy groups -OCH3 is 1. The van der Waals surface area contributed by atoms with E-state index in [4.69, 9.17) is 10.00 Å². The summed E-state index contributed by atoms with van der Waals surface area (Å²) in [6.45, 7) is 3.73. The molecule has 2 atom stereocenters. The van der Waals surface area contributed by atoms with Crippen LogP contribution in [0.2, 0.25) is 0 Å². The van der Waals surface area contributed by atoms with E-state index in [0.717, 1.165) is 12.8 Å². The van der Waals surface area contributed by atoms with Gasteiger partial charge in [-0.2, -0.15) is 5.26 Å². The van der Waals surface area contributed by atoms with Crippen LogP contribution in [0.5, 0.6) is 0 Å². The molecule has 0 aliphatic heterocycles. The van der Waals surface area contributed by atoms with Crippen molar-refractivity contribution in [1.82, 2.24) is 0 Å². The van der Waals surface area contributed by atoms with Crippen LogP contribution in [0.3, 0.4) is 0 Å². The summed E-state index contributed by atoms with van der Waals surface area (Å²) >= 11 is 0. The van der Waals surface area contributed by atoms with E-state index in [1.807, 2.05) is 26.0 Å². The quantitative estimate of drug-likeness (QED) is 0.515. The molecule has 0 aromatic carbocycles. The number of esters is 1. The van der Waals surface area contributed by atoms with Gasteiger partial charge in [0, 0.05) is 5.92 Å². The molecule has 0 radical (unpaired) electrons. The highest BCUT2D eigenvalue weighted by Gasteiger charge is 2.39. The number of rotatable bonds is 2. The molecule has 0 heterocycles. The Balaban J connectivity index is 2.93. The van der Waals surface area contributed by atoms with Crippen molar-refractivity contribution in [2.75, 3.05) is 7.11 Å². The largest absolute Gasteiger partial charge is 0.469 e. The Kier molecular flexibility index (Phi) is 3.52. The minimum atomic E-state index is -0.518. The molecular formula is C12H17NO2. The number of carbonyl (C=O) groups excluding carboxylic acids is 1. The number of ether oxygens (including phenoxy) is 1. The summed E-state index contributed by atoms with van der Waals surface area (Å²) in [5, 5.41) is 9.08. The second-order valence-electron chi connectivity index (χ2n) is 4.49. The number of nitriles is 1. The lowest BCUT2D eigenvalue weighted by Crippen LogP contribution is -2.35. The van der Waals surface area contributed by atoms with Crippen LogP contribution < -0.4 is 0 Å². The third-order valence-corrected chi connectivity index (χ3v) is 3.05. The maximum absolute atomic E-state index is 11.6. The van der Waals surface area contributed by atoms with Gasteiger partial charge in [-0.05, 0) is 26.7 Å². The maximum atomic E-state index is 11.6. The molecule has 82 valence electrons. The van der Waals surface area contributed by atoms with Gasteiger partial charge in [0.05, 0.1) is 24.5 Å². The molecule has 0 N–H and O–H groups in total. The van der Waals surface area contributed by atoms with Gasteiger partial charge in [0.2, 0.25) is 0 Å². The first-order valence-electron chi connectivity index (χ1n) is 5.18. The first-order chi connectivity index (χ1) is 7.03. The van der Waals surface area contributed by atoms with Gasteiger partial charge in [-0.15, -0.1) is 0 Å². The Morgan fingerprint density at radius 2 is 2.27 bits per heavy atom. The summed E-state index contributed by atoms with van der Waals surface area (Å²) in [4.78, 5) is 11.6. The van der Waals surface area contributed by atoms with Crippen molar-refractivity contribution < 1.29 is 9.53 Å². The molecule has 0 amide bonds. The van der Waals surface area contributed by atoms with Crippen LogP contribution >= 0.6 is 0 Å². The molecule has 3 nitrogen and oxygen atoms in total. The number of nitrogens with zero attached hydrogens (tertiary/aromatic N) is 1. The van der Waals surface area contributed by atoms with Crippen molar-refractivity contribution in [1.29, 1.82) is 5.26 Å². The van der Waals surface area contributed by atoms with Crippen molar-refractivity contribution in [3.8, 4) is 6.07 Å². The minimum Gasteiger partial charge on any atom is -0.469 e. The van der Waals surface area contributed by atoms with Crippen molar-refractivity contribution in [3.05, 3.63) is 12.2 Å². The van der Waals surface area contributed by atoms with Gasteiger partial charge < -0.3 is 4.74 Å². The molecule has 3 heteroatoms. The van der Waals surface area contributed by atoms with Gasteiger partial charge in [0.1, 0.15) is 0 Å². The predicted molar refractivity (Wildman–Crippen MR) is 56.8 cm³/mol. The van der Waals surface area contributed by atoms with Gasteiger partial charge in [-0.3, -0.25) is 4.79 Å². The van der Waals surface area contributed by atoms with E-state index in [9.17, 15) is 4.79 Å². The number of hydrogen-bond donors (Lipinski definition) is 0. The Morgan fingerprint density at radius 1 is 1.60 bits per heavy atom. The molecule has 0 aromatic rings. The molecule has 1 aliphatic rings. The van der Waals surface area contributed by atoms with Crippen LogP contribution in [0.1, 0.15) is 26.7 Å². The summed E-state index contributed by atoms with van der Waals surface area (Å²) < 4.78 is 4.78. The van der Waals surface area contributed by atoms with Gasteiger partial charge in [0.25, 0.3) is 0 Å². The van der Waals surface area contributed by atoms with Crippen molar-refractivity contribution >= 4 is 5.97 Å². The highest BCUT2D eigenvalue weighted by molar-refractivity contribution is 5.73. The topological polar surface area (TPSA) is 50.1 Å².